The molecule has 3 aliphatic rings. The van der Waals surface area contributed by atoms with Gasteiger partial charge in [0.15, 0.2) is 0 Å². The largest absolute Gasteiger partial charge is 0.462 e. The number of rotatable bonds is 1. The predicted octanol–water partition coefficient (Wildman–Crippen LogP) is 3.18. The fourth-order valence-corrected chi connectivity index (χ4v) is 3.93. The zero-order valence-corrected chi connectivity index (χ0v) is 11.0. The van der Waals surface area contributed by atoms with E-state index >= 15 is 0 Å². The Bertz CT molecular complexity index is 364. The summed E-state index contributed by atoms with van der Waals surface area (Å²) in [7, 11) is 0. The van der Waals surface area contributed by atoms with Crippen LogP contribution in [-0.4, -0.2) is 12.1 Å². The average molecular weight is 234 g/mol. The zero-order valence-electron chi connectivity index (χ0n) is 11.0. The van der Waals surface area contributed by atoms with Crippen LogP contribution < -0.4 is 0 Å². The maximum absolute atomic E-state index is 11.9. The van der Waals surface area contributed by atoms with Crippen molar-refractivity contribution in [2.24, 2.45) is 29.1 Å². The second-order valence-electron chi connectivity index (χ2n) is 6.99. The molecular formula is C15H22O2. The molecule has 2 heteroatoms. The number of hydrogen-bond donors (Lipinski definition) is 0. The lowest BCUT2D eigenvalue weighted by atomic mass is 9.80. The molecule has 0 heterocycles. The van der Waals surface area contributed by atoms with E-state index in [1.165, 1.54) is 12.8 Å². The SMILES string of the molecule is CC(C)(C)C(=O)O[C@@H]1C[C@H]2C[C@@H]1[C@H]1C=CC[C@H]21. The quantitative estimate of drug-likeness (QED) is 0.514. The van der Waals surface area contributed by atoms with Crippen LogP contribution >= 0.6 is 0 Å². The molecule has 3 rings (SSSR count). The summed E-state index contributed by atoms with van der Waals surface area (Å²) in [5.41, 5.74) is -0.368. The Kier molecular flexibility index (Phi) is 2.39. The number of hydrogen-bond acceptors (Lipinski definition) is 2. The Hall–Kier alpha value is -0.790. The van der Waals surface area contributed by atoms with Gasteiger partial charge in [0.05, 0.1) is 5.41 Å². The Balaban J connectivity index is 1.68. The van der Waals surface area contributed by atoms with Crippen LogP contribution in [0.5, 0.6) is 0 Å². The topological polar surface area (TPSA) is 26.3 Å². The average Bonchev–Trinajstić information content (AvgIpc) is 2.85. The first-order valence-corrected chi connectivity index (χ1v) is 6.84. The van der Waals surface area contributed by atoms with Crippen molar-refractivity contribution in [2.75, 3.05) is 0 Å². The van der Waals surface area contributed by atoms with Gasteiger partial charge < -0.3 is 4.74 Å². The Morgan fingerprint density at radius 3 is 2.71 bits per heavy atom. The second-order valence-corrected chi connectivity index (χ2v) is 6.99. The lowest BCUT2D eigenvalue weighted by molar-refractivity contribution is -0.162. The summed E-state index contributed by atoms with van der Waals surface area (Å²) in [6, 6.07) is 0. The molecule has 0 N–H and O–H groups in total. The highest BCUT2D eigenvalue weighted by atomic mass is 16.5. The zero-order chi connectivity index (χ0) is 12.2. The number of ether oxygens (including phenoxy) is 1. The molecule has 0 spiro atoms. The molecule has 0 aromatic heterocycles. The molecule has 0 amide bonds. The molecule has 0 aliphatic heterocycles. The smallest absolute Gasteiger partial charge is 0.311 e. The van der Waals surface area contributed by atoms with Gasteiger partial charge in [-0.2, -0.15) is 0 Å². The minimum atomic E-state index is -0.368. The number of allylic oxidation sites excluding steroid dienone is 2. The molecule has 5 atom stereocenters. The number of carbonyl (C=O) groups is 1. The summed E-state index contributed by atoms with van der Waals surface area (Å²) in [6.07, 6.45) is 8.52. The molecule has 2 nitrogen and oxygen atoms in total. The molecule has 0 saturated heterocycles. The lowest BCUT2D eigenvalue weighted by Crippen LogP contribution is -2.35. The third kappa shape index (κ3) is 1.73. The molecule has 2 saturated carbocycles. The lowest BCUT2D eigenvalue weighted by Gasteiger charge is -2.32. The highest BCUT2D eigenvalue weighted by Crippen LogP contribution is 2.57. The molecule has 17 heavy (non-hydrogen) atoms. The summed E-state index contributed by atoms with van der Waals surface area (Å²) >= 11 is 0. The normalized spacial score (nSPS) is 42.9. The van der Waals surface area contributed by atoms with E-state index in [1.54, 1.807) is 0 Å². The van der Waals surface area contributed by atoms with Gasteiger partial charge in [0.1, 0.15) is 6.10 Å². The minimum absolute atomic E-state index is 0.0337. The molecule has 0 aromatic carbocycles. The van der Waals surface area contributed by atoms with E-state index in [0.29, 0.717) is 11.8 Å². The van der Waals surface area contributed by atoms with Crippen LogP contribution in [0.1, 0.15) is 40.0 Å². The van der Waals surface area contributed by atoms with Gasteiger partial charge in [-0.1, -0.05) is 12.2 Å². The first-order chi connectivity index (χ1) is 7.97. The highest BCUT2D eigenvalue weighted by Gasteiger charge is 2.54. The van der Waals surface area contributed by atoms with Gasteiger partial charge in [0, 0.05) is 5.92 Å². The van der Waals surface area contributed by atoms with Crippen LogP contribution in [0.2, 0.25) is 0 Å². The predicted molar refractivity (Wildman–Crippen MR) is 66.3 cm³/mol. The van der Waals surface area contributed by atoms with Crippen molar-refractivity contribution >= 4 is 5.97 Å². The second kappa shape index (κ2) is 3.60. The van der Waals surface area contributed by atoms with Gasteiger partial charge in [-0.05, 0) is 57.8 Å². The molecule has 94 valence electrons. The van der Waals surface area contributed by atoms with Gasteiger partial charge in [-0.3, -0.25) is 4.79 Å². The molecule has 2 fully saturated rings. The third-order valence-electron chi connectivity index (χ3n) is 4.82. The van der Waals surface area contributed by atoms with Crippen molar-refractivity contribution in [3.63, 3.8) is 0 Å². The summed E-state index contributed by atoms with van der Waals surface area (Å²) in [4.78, 5) is 11.9. The van der Waals surface area contributed by atoms with Crippen LogP contribution in [0.4, 0.5) is 0 Å². The van der Waals surface area contributed by atoms with E-state index in [2.05, 4.69) is 12.2 Å². The molecule has 0 aromatic rings. The van der Waals surface area contributed by atoms with Crippen molar-refractivity contribution in [3.05, 3.63) is 12.2 Å². The van der Waals surface area contributed by atoms with Crippen molar-refractivity contribution < 1.29 is 9.53 Å². The van der Waals surface area contributed by atoms with E-state index in [4.69, 9.17) is 4.74 Å². The Morgan fingerprint density at radius 1 is 1.24 bits per heavy atom. The summed E-state index contributed by atoms with van der Waals surface area (Å²) < 4.78 is 5.75. The van der Waals surface area contributed by atoms with Gasteiger partial charge in [-0.15, -0.1) is 0 Å². The minimum Gasteiger partial charge on any atom is -0.462 e. The van der Waals surface area contributed by atoms with E-state index in [1.807, 2.05) is 20.8 Å². The summed E-state index contributed by atoms with van der Waals surface area (Å²) in [5, 5.41) is 0. The van der Waals surface area contributed by atoms with E-state index in [9.17, 15) is 4.79 Å². The summed E-state index contributed by atoms with van der Waals surface area (Å²) in [6.45, 7) is 5.79. The van der Waals surface area contributed by atoms with E-state index in [-0.39, 0.29) is 17.5 Å². The highest BCUT2D eigenvalue weighted by molar-refractivity contribution is 5.75. The van der Waals surface area contributed by atoms with Gasteiger partial charge >= 0.3 is 5.97 Å². The number of carbonyl (C=O) groups excluding carboxylic acids is 1. The first-order valence-electron chi connectivity index (χ1n) is 6.84. The number of esters is 1. The fourth-order valence-electron chi connectivity index (χ4n) is 3.93. The van der Waals surface area contributed by atoms with Crippen LogP contribution in [0.15, 0.2) is 12.2 Å². The van der Waals surface area contributed by atoms with Crippen molar-refractivity contribution in [1.29, 1.82) is 0 Å². The Labute approximate surface area is 103 Å². The third-order valence-corrected chi connectivity index (χ3v) is 4.82. The molecular weight excluding hydrogens is 212 g/mol. The molecule has 0 unspecified atom stereocenters. The van der Waals surface area contributed by atoms with Crippen LogP contribution in [-0.2, 0) is 9.53 Å². The molecule has 3 aliphatic carbocycles. The molecule has 2 bridgehead atoms. The van der Waals surface area contributed by atoms with E-state index in [0.717, 1.165) is 18.3 Å². The van der Waals surface area contributed by atoms with Crippen molar-refractivity contribution in [1.82, 2.24) is 0 Å². The van der Waals surface area contributed by atoms with Gasteiger partial charge in [0.25, 0.3) is 0 Å². The standard InChI is InChI=1S/C15H22O2/c1-15(2,3)14(16)17-13-8-9-7-12(13)11-6-4-5-10(9)11/h4,6,9-13H,5,7-8H2,1-3H3/t9-,10-,11+,12-,13-/m1/s1. The summed E-state index contributed by atoms with van der Waals surface area (Å²) in [5.74, 6) is 2.94. The van der Waals surface area contributed by atoms with Crippen molar-refractivity contribution in [2.45, 2.75) is 46.1 Å². The Morgan fingerprint density at radius 2 is 2.00 bits per heavy atom. The first kappa shape index (κ1) is 11.3. The monoisotopic (exact) mass is 234 g/mol. The van der Waals surface area contributed by atoms with Crippen molar-refractivity contribution in [3.8, 4) is 0 Å². The van der Waals surface area contributed by atoms with Crippen LogP contribution in [0.3, 0.4) is 0 Å². The fraction of sp³-hybridized carbons (Fsp3) is 0.800. The van der Waals surface area contributed by atoms with Gasteiger partial charge in [-0.25, -0.2) is 0 Å². The van der Waals surface area contributed by atoms with Crippen LogP contribution in [0, 0.1) is 29.1 Å². The maximum atomic E-state index is 11.9. The van der Waals surface area contributed by atoms with Gasteiger partial charge in [0.2, 0.25) is 0 Å². The molecule has 0 radical (unpaired) electrons. The number of fused-ring (bicyclic) bond motifs is 5. The van der Waals surface area contributed by atoms with Crippen LogP contribution in [0.25, 0.3) is 0 Å². The maximum Gasteiger partial charge on any atom is 0.311 e. The van der Waals surface area contributed by atoms with E-state index < -0.39 is 0 Å².